The minimum absolute atomic E-state index is 0.0596. The quantitative estimate of drug-likeness (QED) is 0.519. The second-order valence-corrected chi connectivity index (χ2v) is 5.53. The smallest absolute Gasteiger partial charge is 0.221 e. The number of rotatable bonds is 7. The first-order valence-electron chi connectivity index (χ1n) is 8.18. The molecule has 2 rings (SSSR count). The number of amides is 1. The molecule has 3 N–H and O–H groups in total. The third-order valence-corrected chi connectivity index (χ3v) is 3.65. The van der Waals surface area contributed by atoms with Gasteiger partial charge < -0.3 is 20.7 Å². The summed E-state index contributed by atoms with van der Waals surface area (Å²) < 4.78 is 5.88. The van der Waals surface area contributed by atoms with Crippen LogP contribution < -0.4 is 20.7 Å². The molecule has 23 heavy (non-hydrogen) atoms. The highest BCUT2D eigenvalue weighted by Gasteiger charge is 2.22. The first-order chi connectivity index (χ1) is 11.2. The number of carbonyl (C=O) groups excluding carboxylic acids is 1. The van der Waals surface area contributed by atoms with E-state index in [-0.39, 0.29) is 12.0 Å². The zero-order valence-electron chi connectivity index (χ0n) is 13.9. The largest absolute Gasteiger partial charge is 0.488 e. The standard InChI is InChI=1S/C17H26N4O2/c1-3-9-19-16(22)8-10-20-17(18-2)21-12-14-11-13-6-4-5-7-15(13)23-14/h4-7,14H,3,8-12H2,1-2H3,(H,19,22)(H2,18,20,21). The molecule has 1 aliphatic rings. The molecule has 126 valence electrons. The van der Waals surface area contributed by atoms with Gasteiger partial charge in [0.25, 0.3) is 0 Å². The number of ether oxygens (including phenoxy) is 1. The molecule has 1 aromatic carbocycles. The maximum atomic E-state index is 11.5. The van der Waals surface area contributed by atoms with Crippen molar-refractivity contribution >= 4 is 11.9 Å². The molecule has 0 spiro atoms. The molecule has 0 radical (unpaired) electrons. The average molecular weight is 318 g/mol. The monoisotopic (exact) mass is 318 g/mol. The van der Waals surface area contributed by atoms with Gasteiger partial charge in [-0.3, -0.25) is 9.79 Å². The summed E-state index contributed by atoms with van der Waals surface area (Å²) in [6, 6.07) is 8.11. The molecule has 0 bridgehead atoms. The Bertz CT molecular complexity index is 520. The Morgan fingerprint density at radius 3 is 2.83 bits per heavy atom. The maximum Gasteiger partial charge on any atom is 0.221 e. The fourth-order valence-electron chi connectivity index (χ4n) is 2.45. The van der Waals surface area contributed by atoms with Crippen LogP contribution in [0.15, 0.2) is 29.3 Å². The number of hydrogen-bond acceptors (Lipinski definition) is 3. The minimum atomic E-state index is 0.0596. The third kappa shape index (κ3) is 5.47. The summed E-state index contributed by atoms with van der Waals surface area (Å²) >= 11 is 0. The lowest BCUT2D eigenvalue weighted by molar-refractivity contribution is -0.120. The molecule has 0 aromatic heterocycles. The summed E-state index contributed by atoms with van der Waals surface area (Å²) in [7, 11) is 1.72. The van der Waals surface area contributed by atoms with Crippen LogP contribution in [0.25, 0.3) is 0 Å². The molecular formula is C17H26N4O2. The maximum absolute atomic E-state index is 11.5. The molecule has 1 atom stereocenters. The molecule has 1 amide bonds. The molecule has 0 saturated heterocycles. The molecule has 1 heterocycles. The van der Waals surface area contributed by atoms with Crippen molar-refractivity contribution < 1.29 is 9.53 Å². The van der Waals surface area contributed by atoms with Gasteiger partial charge in [0.15, 0.2) is 5.96 Å². The second-order valence-electron chi connectivity index (χ2n) is 5.53. The van der Waals surface area contributed by atoms with Gasteiger partial charge in [0.2, 0.25) is 5.91 Å². The Morgan fingerprint density at radius 2 is 2.09 bits per heavy atom. The van der Waals surface area contributed by atoms with Crippen molar-refractivity contribution in [2.75, 3.05) is 26.7 Å². The van der Waals surface area contributed by atoms with Gasteiger partial charge in [-0.1, -0.05) is 25.1 Å². The molecular weight excluding hydrogens is 292 g/mol. The lowest BCUT2D eigenvalue weighted by atomic mass is 10.1. The van der Waals surface area contributed by atoms with Crippen molar-refractivity contribution in [1.82, 2.24) is 16.0 Å². The van der Waals surface area contributed by atoms with Gasteiger partial charge in [-0.05, 0) is 18.1 Å². The van der Waals surface area contributed by atoms with Gasteiger partial charge in [-0.15, -0.1) is 0 Å². The molecule has 0 fully saturated rings. The Balaban J connectivity index is 1.65. The van der Waals surface area contributed by atoms with Crippen LogP contribution >= 0.6 is 0 Å². The Morgan fingerprint density at radius 1 is 1.26 bits per heavy atom. The van der Waals surface area contributed by atoms with Gasteiger partial charge in [0.1, 0.15) is 11.9 Å². The van der Waals surface area contributed by atoms with Gasteiger partial charge >= 0.3 is 0 Å². The summed E-state index contributed by atoms with van der Waals surface area (Å²) in [5.41, 5.74) is 1.25. The molecule has 6 nitrogen and oxygen atoms in total. The third-order valence-electron chi connectivity index (χ3n) is 3.65. The summed E-state index contributed by atoms with van der Waals surface area (Å²) in [5.74, 6) is 1.71. The van der Waals surface area contributed by atoms with Crippen LogP contribution in [0.4, 0.5) is 0 Å². The predicted molar refractivity (Wildman–Crippen MR) is 91.8 cm³/mol. The van der Waals surface area contributed by atoms with Crippen LogP contribution in [0.3, 0.4) is 0 Å². The van der Waals surface area contributed by atoms with Crippen molar-refractivity contribution in [3.8, 4) is 5.75 Å². The normalized spacial score (nSPS) is 16.4. The molecule has 0 saturated carbocycles. The van der Waals surface area contributed by atoms with Crippen molar-refractivity contribution in [2.24, 2.45) is 4.99 Å². The SMILES string of the molecule is CCCNC(=O)CCNC(=NC)NCC1Cc2ccccc2O1. The van der Waals surface area contributed by atoms with Gasteiger partial charge in [-0.2, -0.15) is 0 Å². The van der Waals surface area contributed by atoms with Gasteiger partial charge in [0, 0.05) is 33.0 Å². The summed E-state index contributed by atoms with van der Waals surface area (Å²) in [6.45, 7) is 4.00. The molecule has 1 aliphatic heterocycles. The van der Waals surface area contributed by atoms with E-state index >= 15 is 0 Å². The van der Waals surface area contributed by atoms with Gasteiger partial charge in [-0.25, -0.2) is 0 Å². The first kappa shape index (κ1) is 17.1. The fourth-order valence-corrected chi connectivity index (χ4v) is 2.45. The Hall–Kier alpha value is -2.24. The number of para-hydroxylation sites is 1. The van der Waals surface area contributed by atoms with Crippen LogP contribution in [0.2, 0.25) is 0 Å². The van der Waals surface area contributed by atoms with Crippen LogP contribution in [0.5, 0.6) is 5.75 Å². The van der Waals surface area contributed by atoms with Crippen LogP contribution in [-0.4, -0.2) is 44.7 Å². The van der Waals surface area contributed by atoms with Crippen molar-refractivity contribution in [3.05, 3.63) is 29.8 Å². The first-order valence-corrected chi connectivity index (χ1v) is 8.18. The minimum Gasteiger partial charge on any atom is -0.488 e. The lowest BCUT2D eigenvalue weighted by Crippen LogP contribution is -2.43. The summed E-state index contributed by atoms with van der Waals surface area (Å²) in [4.78, 5) is 15.7. The van der Waals surface area contributed by atoms with Crippen molar-refractivity contribution in [3.63, 3.8) is 0 Å². The van der Waals surface area contributed by atoms with E-state index in [0.717, 1.165) is 25.1 Å². The average Bonchev–Trinajstić information content (AvgIpc) is 2.98. The van der Waals surface area contributed by atoms with E-state index in [4.69, 9.17) is 4.74 Å². The fraction of sp³-hybridized carbons (Fsp3) is 0.529. The molecule has 0 aliphatic carbocycles. The number of guanidine groups is 1. The number of hydrogen-bond donors (Lipinski definition) is 3. The molecule has 1 unspecified atom stereocenters. The molecule has 6 heteroatoms. The highest BCUT2D eigenvalue weighted by molar-refractivity contribution is 5.81. The summed E-state index contributed by atoms with van der Waals surface area (Å²) in [6.07, 6.45) is 2.40. The zero-order valence-corrected chi connectivity index (χ0v) is 13.9. The van der Waals surface area contributed by atoms with E-state index in [0.29, 0.717) is 25.5 Å². The van der Waals surface area contributed by atoms with E-state index in [1.54, 1.807) is 7.05 Å². The second kappa shape index (κ2) is 9.02. The predicted octanol–water partition coefficient (Wildman–Crippen LogP) is 1.07. The number of nitrogens with zero attached hydrogens (tertiary/aromatic N) is 1. The van der Waals surface area contributed by atoms with E-state index in [1.165, 1.54) is 5.56 Å². The van der Waals surface area contributed by atoms with Gasteiger partial charge in [0.05, 0.1) is 6.54 Å². The van der Waals surface area contributed by atoms with Crippen LogP contribution in [-0.2, 0) is 11.2 Å². The van der Waals surface area contributed by atoms with Crippen molar-refractivity contribution in [1.29, 1.82) is 0 Å². The van der Waals surface area contributed by atoms with Crippen LogP contribution in [0, 0.1) is 0 Å². The summed E-state index contributed by atoms with van der Waals surface area (Å²) in [5, 5.41) is 9.24. The van der Waals surface area contributed by atoms with E-state index in [2.05, 4.69) is 27.0 Å². The number of nitrogens with one attached hydrogen (secondary N) is 3. The topological polar surface area (TPSA) is 74.8 Å². The van der Waals surface area contributed by atoms with Crippen molar-refractivity contribution in [2.45, 2.75) is 32.3 Å². The number of benzene rings is 1. The van der Waals surface area contributed by atoms with E-state index in [1.807, 2.05) is 25.1 Å². The lowest BCUT2D eigenvalue weighted by Gasteiger charge is -2.15. The number of aliphatic imine (C=N–C) groups is 1. The van der Waals surface area contributed by atoms with E-state index in [9.17, 15) is 4.79 Å². The van der Waals surface area contributed by atoms with Crippen LogP contribution in [0.1, 0.15) is 25.3 Å². The zero-order chi connectivity index (χ0) is 16.5. The number of fused-ring (bicyclic) bond motifs is 1. The molecule has 1 aromatic rings. The Labute approximate surface area is 137 Å². The Kier molecular flexibility index (Phi) is 6.72. The highest BCUT2D eigenvalue weighted by Crippen LogP contribution is 2.27. The highest BCUT2D eigenvalue weighted by atomic mass is 16.5. The van der Waals surface area contributed by atoms with E-state index < -0.39 is 0 Å². The number of carbonyl (C=O) groups is 1.